The lowest BCUT2D eigenvalue weighted by Gasteiger charge is -2.10. The zero-order valence-corrected chi connectivity index (χ0v) is 17.6. The summed E-state index contributed by atoms with van der Waals surface area (Å²) < 4.78 is 6.94. The monoisotopic (exact) mass is 420 g/mol. The molecule has 2 aromatic carbocycles. The molecule has 0 aliphatic heterocycles. The second kappa shape index (κ2) is 9.71. The number of ether oxygens (including phenoxy) is 1. The van der Waals surface area contributed by atoms with Gasteiger partial charge in [0.25, 0.3) is 5.91 Å². The third kappa shape index (κ3) is 4.98. The molecule has 1 heterocycles. The van der Waals surface area contributed by atoms with Gasteiger partial charge in [-0.25, -0.2) is 0 Å². The summed E-state index contributed by atoms with van der Waals surface area (Å²) in [5.41, 5.74) is 1.76. The highest BCUT2D eigenvalue weighted by molar-refractivity contribution is 5.96. The van der Waals surface area contributed by atoms with Gasteiger partial charge in [0.15, 0.2) is 5.69 Å². The van der Waals surface area contributed by atoms with Crippen LogP contribution in [-0.4, -0.2) is 35.1 Å². The number of aromatic hydroxyl groups is 1. The number of hydrogen-bond acceptors (Lipinski definition) is 5. The first-order valence-corrected chi connectivity index (χ1v) is 9.77. The van der Waals surface area contributed by atoms with Crippen LogP contribution in [0.15, 0.2) is 64.8 Å². The zero-order chi connectivity index (χ0) is 22.4. The summed E-state index contributed by atoms with van der Waals surface area (Å²) in [6, 6.07) is 14.6. The lowest BCUT2D eigenvalue weighted by Crippen LogP contribution is -2.26. The Labute approximate surface area is 179 Å². The fraction of sp³-hybridized carbons (Fsp3) is 0.217. The molecule has 8 nitrogen and oxygen atoms in total. The highest BCUT2D eigenvalue weighted by Crippen LogP contribution is 2.40. The van der Waals surface area contributed by atoms with E-state index in [2.05, 4.69) is 15.5 Å². The summed E-state index contributed by atoms with van der Waals surface area (Å²) in [7, 11) is 1.55. The molecule has 2 N–H and O–H groups in total. The van der Waals surface area contributed by atoms with E-state index >= 15 is 0 Å². The molecule has 1 aromatic heterocycles. The minimum atomic E-state index is -0.639. The molecule has 3 rings (SSSR count). The van der Waals surface area contributed by atoms with Crippen LogP contribution < -0.4 is 10.1 Å². The SMILES string of the molecule is COc1ccccc1/C=C/C(=O)NCC(=O)N=Nc1c(O)n(C(C)C)c2ccccc12. The number of nitrogens with one attached hydrogen (secondary N) is 1. The Morgan fingerprint density at radius 3 is 2.61 bits per heavy atom. The van der Waals surface area contributed by atoms with Gasteiger partial charge in [0, 0.05) is 23.1 Å². The zero-order valence-electron chi connectivity index (χ0n) is 17.6. The van der Waals surface area contributed by atoms with Crippen LogP contribution in [0.25, 0.3) is 17.0 Å². The number of methoxy groups -OCH3 is 1. The number of fused-ring (bicyclic) bond motifs is 1. The molecule has 31 heavy (non-hydrogen) atoms. The van der Waals surface area contributed by atoms with Gasteiger partial charge >= 0.3 is 0 Å². The van der Waals surface area contributed by atoms with E-state index in [4.69, 9.17) is 4.74 Å². The Bertz CT molecular complexity index is 1160. The van der Waals surface area contributed by atoms with Crippen LogP contribution in [0.1, 0.15) is 25.5 Å². The van der Waals surface area contributed by atoms with Gasteiger partial charge < -0.3 is 19.7 Å². The summed E-state index contributed by atoms with van der Waals surface area (Å²) in [6.07, 6.45) is 2.91. The van der Waals surface area contributed by atoms with Crippen molar-refractivity contribution >= 4 is 34.5 Å². The van der Waals surface area contributed by atoms with E-state index in [1.807, 2.05) is 50.2 Å². The number of benzene rings is 2. The average molecular weight is 420 g/mol. The molecule has 0 fully saturated rings. The molecule has 8 heteroatoms. The highest BCUT2D eigenvalue weighted by Gasteiger charge is 2.18. The fourth-order valence-corrected chi connectivity index (χ4v) is 3.19. The number of rotatable bonds is 7. The van der Waals surface area contributed by atoms with E-state index in [0.717, 1.165) is 11.1 Å². The average Bonchev–Trinajstić information content (AvgIpc) is 3.06. The van der Waals surface area contributed by atoms with Gasteiger partial charge in [0.05, 0.1) is 12.6 Å². The maximum absolute atomic E-state index is 12.1. The number of aromatic nitrogens is 1. The second-order valence-electron chi connectivity index (χ2n) is 7.04. The van der Waals surface area contributed by atoms with Crippen molar-refractivity contribution in [3.63, 3.8) is 0 Å². The van der Waals surface area contributed by atoms with E-state index in [0.29, 0.717) is 11.1 Å². The first kappa shape index (κ1) is 21.8. The van der Waals surface area contributed by atoms with E-state index in [1.165, 1.54) is 6.08 Å². The van der Waals surface area contributed by atoms with Crippen molar-refractivity contribution in [2.45, 2.75) is 19.9 Å². The Morgan fingerprint density at radius 2 is 1.87 bits per heavy atom. The number of carbonyl (C=O) groups is 2. The molecule has 160 valence electrons. The summed E-state index contributed by atoms with van der Waals surface area (Å²) >= 11 is 0. The minimum absolute atomic E-state index is 0.00105. The van der Waals surface area contributed by atoms with Gasteiger partial charge in [-0.15, -0.1) is 10.2 Å². The van der Waals surface area contributed by atoms with Gasteiger partial charge in [-0.2, -0.15) is 0 Å². The molecule has 0 atom stereocenters. The van der Waals surface area contributed by atoms with Crippen LogP contribution in [0.4, 0.5) is 5.69 Å². The van der Waals surface area contributed by atoms with E-state index in [1.54, 1.807) is 29.9 Å². The lowest BCUT2D eigenvalue weighted by molar-refractivity contribution is -0.122. The third-order valence-corrected chi connectivity index (χ3v) is 4.60. The molecular weight excluding hydrogens is 396 g/mol. The van der Waals surface area contributed by atoms with E-state index in [-0.39, 0.29) is 24.2 Å². The molecular formula is C23H24N4O4. The first-order chi connectivity index (χ1) is 14.9. The maximum atomic E-state index is 12.1. The van der Waals surface area contributed by atoms with Gasteiger partial charge in [0.2, 0.25) is 11.8 Å². The van der Waals surface area contributed by atoms with Gasteiger partial charge in [-0.1, -0.05) is 36.4 Å². The number of nitrogens with zero attached hydrogens (tertiary/aromatic N) is 3. The molecule has 2 amide bonds. The van der Waals surface area contributed by atoms with Crippen LogP contribution in [0.5, 0.6) is 11.6 Å². The molecule has 0 spiro atoms. The summed E-state index contributed by atoms with van der Waals surface area (Å²) in [5.74, 6) is -0.512. The number of para-hydroxylation sites is 2. The second-order valence-corrected chi connectivity index (χ2v) is 7.04. The number of hydrogen-bond donors (Lipinski definition) is 2. The third-order valence-electron chi connectivity index (χ3n) is 4.60. The quantitative estimate of drug-likeness (QED) is 0.437. The summed E-state index contributed by atoms with van der Waals surface area (Å²) in [6.45, 7) is 3.56. The smallest absolute Gasteiger partial charge is 0.283 e. The van der Waals surface area contributed by atoms with Crippen LogP contribution in [0.2, 0.25) is 0 Å². The molecule has 0 radical (unpaired) electrons. The standard InChI is InChI=1S/C23H24N4O4/c1-15(2)27-18-10-6-5-9-17(18)22(23(27)30)26-25-21(29)14-24-20(28)13-12-16-8-4-7-11-19(16)31-3/h4-13,15,30H,14H2,1-3H3,(H,24,28)/b13-12+,26-25?. The predicted molar refractivity (Wildman–Crippen MR) is 119 cm³/mol. The first-order valence-electron chi connectivity index (χ1n) is 9.77. The van der Waals surface area contributed by atoms with Gasteiger partial charge in [0.1, 0.15) is 12.3 Å². The Kier molecular flexibility index (Phi) is 6.81. The van der Waals surface area contributed by atoms with Crippen LogP contribution in [-0.2, 0) is 9.59 Å². The molecule has 0 bridgehead atoms. The normalized spacial score (nSPS) is 11.6. The molecule has 0 saturated carbocycles. The minimum Gasteiger partial charge on any atom is -0.496 e. The Hall–Kier alpha value is -3.94. The van der Waals surface area contributed by atoms with Crippen molar-refractivity contribution in [1.29, 1.82) is 0 Å². The predicted octanol–water partition coefficient (Wildman–Crippen LogP) is 4.38. The van der Waals surface area contributed by atoms with Crippen molar-refractivity contribution in [2.75, 3.05) is 13.7 Å². The van der Waals surface area contributed by atoms with Crippen molar-refractivity contribution in [3.8, 4) is 11.6 Å². The molecule has 0 aliphatic carbocycles. The Morgan fingerprint density at radius 1 is 1.16 bits per heavy atom. The van der Waals surface area contributed by atoms with E-state index in [9.17, 15) is 14.7 Å². The fourth-order valence-electron chi connectivity index (χ4n) is 3.19. The summed E-state index contributed by atoms with van der Waals surface area (Å²) in [5, 5.41) is 21.3. The number of carbonyl (C=O) groups excluding carboxylic acids is 2. The number of azo groups is 1. The van der Waals surface area contributed by atoms with Gasteiger partial charge in [-0.3, -0.25) is 9.59 Å². The van der Waals surface area contributed by atoms with Crippen molar-refractivity contribution in [1.82, 2.24) is 9.88 Å². The largest absolute Gasteiger partial charge is 0.496 e. The van der Waals surface area contributed by atoms with Crippen molar-refractivity contribution in [3.05, 3.63) is 60.2 Å². The van der Waals surface area contributed by atoms with Crippen LogP contribution in [0.3, 0.4) is 0 Å². The molecule has 0 aliphatic rings. The van der Waals surface area contributed by atoms with Crippen LogP contribution >= 0.6 is 0 Å². The molecule has 0 saturated heterocycles. The highest BCUT2D eigenvalue weighted by atomic mass is 16.5. The summed E-state index contributed by atoms with van der Waals surface area (Å²) in [4.78, 5) is 24.1. The van der Waals surface area contributed by atoms with E-state index < -0.39 is 11.8 Å². The molecule has 0 unspecified atom stereocenters. The maximum Gasteiger partial charge on any atom is 0.283 e. The Balaban J connectivity index is 1.66. The van der Waals surface area contributed by atoms with Crippen molar-refractivity contribution < 1.29 is 19.4 Å². The lowest BCUT2D eigenvalue weighted by atomic mass is 10.2. The topological polar surface area (TPSA) is 105 Å². The molecule has 3 aromatic rings. The number of amides is 2. The van der Waals surface area contributed by atoms with Crippen molar-refractivity contribution in [2.24, 2.45) is 10.2 Å². The van der Waals surface area contributed by atoms with Crippen LogP contribution in [0, 0.1) is 0 Å². The van der Waals surface area contributed by atoms with Gasteiger partial charge in [-0.05, 0) is 32.1 Å².